The van der Waals surface area contributed by atoms with Crippen LogP contribution in [0.2, 0.25) is 0 Å². The molecule has 1 unspecified atom stereocenters. The molecule has 5 heteroatoms. The van der Waals surface area contributed by atoms with Crippen LogP contribution < -0.4 is 5.32 Å². The van der Waals surface area contributed by atoms with Crippen molar-refractivity contribution in [2.75, 3.05) is 18.9 Å². The third-order valence-corrected chi connectivity index (χ3v) is 3.83. The van der Waals surface area contributed by atoms with Gasteiger partial charge >= 0.3 is 0 Å². The summed E-state index contributed by atoms with van der Waals surface area (Å²) in [6.45, 7) is 5.11. The number of hydrogen-bond acceptors (Lipinski definition) is 5. The predicted octanol–water partition coefficient (Wildman–Crippen LogP) is 3.00. The lowest BCUT2D eigenvalue weighted by Crippen LogP contribution is -2.20. The summed E-state index contributed by atoms with van der Waals surface area (Å²) in [5.74, 6) is 2.54. The molecule has 1 aliphatic rings. The predicted molar refractivity (Wildman–Crippen MR) is 83.6 cm³/mol. The minimum atomic E-state index is 0.330. The van der Waals surface area contributed by atoms with Gasteiger partial charge in [0.05, 0.1) is 6.04 Å². The molecule has 21 heavy (non-hydrogen) atoms. The highest BCUT2D eigenvalue weighted by Gasteiger charge is 2.25. The van der Waals surface area contributed by atoms with Crippen LogP contribution in [0.15, 0.2) is 24.3 Å². The van der Waals surface area contributed by atoms with Crippen LogP contribution in [-0.4, -0.2) is 33.4 Å². The van der Waals surface area contributed by atoms with Gasteiger partial charge in [0.25, 0.3) is 0 Å². The Morgan fingerprint density at radius 2 is 1.95 bits per heavy atom. The monoisotopic (exact) mass is 283 g/mol. The SMILES string of the molecule is Cc1cccc(Nc2cc(C)nc(C3CCCN3C)n2)n1. The van der Waals surface area contributed by atoms with Crippen molar-refractivity contribution in [2.24, 2.45) is 0 Å². The number of rotatable bonds is 3. The van der Waals surface area contributed by atoms with E-state index < -0.39 is 0 Å². The van der Waals surface area contributed by atoms with Gasteiger partial charge in [-0.15, -0.1) is 0 Å². The number of pyridine rings is 1. The molecule has 0 radical (unpaired) electrons. The maximum atomic E-state index is 4.69. The maximum absolute atomic E-state index is 4.69. The third-order valence-electron chi connectivity index (χ3n) is 3.83. The molecule has 0 aromatic carbocycles. The van der Waals surface area contributed by atoms with E-state index in [0.717, 1.165) is 41.8 Å². The van der Waals surface area contributed by atoms with Crippen LogP contribution in [0.1, 0.15) is 36.1 Å². The summed E-state index contributed by atoms with van der Waals surface area (Å²) in [5.41, 5.74) is 1.97. The van der Waals surface area contributed by atoms with E-state index in [1.165, 1.54) is 6.42 Å². The number of anilines is 2. The van der Waals surface area contributed by atoms with E-state index in [9.17, 15) is 0 Å². The lowest BCUT2D eigenvalue weighted by Gasteiger charge is -2.19. The molecule has 0 saturated carbocycles. The van der Waals surface area contributed by atoms with Crippen molar-refractivity contribution in [1.29, 1.82) is 0 Å². The molecule has 0 spiro atoms. The summed E-state index contributed by atoms with van der Waals surface area (Å²) in [4.78, 5) is 16.1. The first kappa shape index (κ1) is 13.9. The van der Waals surface area contributed by atoms with Gasteiger partial charge in [-0.3, -0.25) is 4.90 Å². The molecule has 2 aromatic rings. The van der Waals surface area contributed by atoms with Crippen molar-refractivity contribution >= 4 is 11.6 Å². The Balaban J connectivity index is 1.87. The van der Waals surface area contributed by atoms with E-state index in [0.29, 0.717) is 6.04 Å². The molecule has 3 rings (SSSR count). The summed E-state index contributed by atoms with van der Waals surface area (Å²) < 4.78 is 0. The number of aryl methyl sites for hydroxylation is 2. The standard InChI is InChI=1S/C16H21N5/c1-11-6-4-8-14(17-11)19-15-10-12(2)18-16(20-15)13-7-5-9-21(13)3/h4,6,8,10,13H,5,7,9H2,1-3H3,(H,17,18,19,20). The average Bonchev–Trinajstić information content (AvgIpc) is 2.84. The molecule has 1 saturated heterocycles. The van der Waals surface area contributed by atoms with Crippen molar-refractivity contribution < 1.29 is 0 Å². The summed E-state index contributed by atoms with van der Waals surface area (Å²) >= 11 is 0. The fourth-order valence-corrected chi connectivity index (χ4v) is 2.78. The highest BCUT2D eigenvalue weighted by atomic mass is 15.2. The highest BCUT2D eigenvalue weighted by Crippen LogP contribution is 2.29. The zero-order valence-electron chi connectivity index (χ0n) is 12.8. The van der Waals surface area contributed by atoms with Gasteiger partial charge in [0.1, 0.15) is 17.5 Å². The minimum absolute atomic E-state index is 0.330. The Kier molecular flexibility index (Phi) is 3.84. The first-order valence-electron chi connectivity index (χ1n) is 7.38. The number of nitrogens with zero attached hydrogens (tertiary/aromatic N) is 4. The largest absolute Gasteiger partial charge is 0.325 e. The Morgan fingerprint density at radius 1 is 1.10 bits per heavy atom. The first-order chi connectivity index (χ1) is 10.1. The zero-order valence-corrected chi connectivity index (χ0v) is 12.8. The minimum Gasteiger partial charge on any atom is -0.325 e. The second kappa shape index (κ2) is 5.77. The number of aromatic nitrogens is 3. The Labute approximate surface area is 125 Å². The van der Waals surface area contributed by atoms with Crippen LogP contribution in [0.25, 0.3) is 0 Å². The highest BCUT2D eigenvalue weighted by molar-refractivity contribution is 5.52. The summed E-state index contributed by atoms with van der Waals surface area (Å²) in [6, 6.07) is 8.21. The summed E-state index contributed by atoms with van der Waals surface area (Å²) in [7, 11) is 2.14. The van der Waals surface area contributed by atoms with E-state index in [4.69, 9.17) is 0 Å². The van der Waals surface area contributed by atoms with Crippen molar-refractivity contribution in [3.8, 4) is 0 Å². The van der Waals surface area contributed by atoms with Crippen molar-refractivity contribution in [3.05, 3.63) is 41.5 Å². The van der Waals surface area contributed by atoms with Crippen molar-refractivity contribution in [1.82, 2.24) is 19.9 Å². The topological polar surface area (TPSA) is 53.9 Å². The van der Waals surface area contributed by atoms with E-state index >= 15 is 0 Å². The summed E-state index contributed by atoms with van der Waals surface area (Å²) in [5, 5.41) is 3.28. The van der Waals surface area contributed by atoms with Crippen LogP contribution >= 0.6 is 0 Å². The van der Waals surface area contributed by atoms with Gasteiger partial charge < -0.3 is 5.32 Å². The number of likely N-dealkylation sites (tertiary alicyclic amines) is 1. The van der Waals surface area contributed by atoms with Gasteiger partial charge in [-0.1, -0.05) is 6.07 Å². The molecule has 1 atom stereocenters. The molecule has 3 heterocycles. The molecular formula is C16H21N5. The van der Waals surface area contributed by atoms with Gasteiger partial charge in [-0.05, 0) is 52.4 Å². The van der Waals surface area contributed by atoms with Crippen LogP contribution in [-0.2, 0) is 0 Å². The molecule has 110 valence electrons. The van der Waals surface area contributed by atoms with Gasteiger partial charge in [0.15, 0.2) is 0 Å². The Bertz CT molecular complexity index is 640. The Hall–Kier alpha value is -2.01. The second-order valence-corrected chi connectivity index (χ2v) is 5.68. The van der Waals surface area contributed by atoms with Crippen LogP contribution in [0.3, 0.4) is 0 Å². The lowest BCUT2D eigenvalue weighted by atomic mass is 10.2. The normalized spacial score (nSPS) is 18.9. The Morgan fingerprint density at radius 3 is 2.67 bits per heavy atom. The van der Waals surface area contributed by atoms with Gasteiger partial charge in [0.2, 0.25) is 0 Å². The molecule has 0 aliphatic carbocycles. The van der Waals surface area contributed by atoms with E-state index in [-0.39, 0.29) is 0 Å². The smallest absolute Gasteiger partial charge is 0.148 e. The molecule has 1 aliphatic heterocycles. The zero-order chi connectivity index (χ0) is 14.8. The van der Waals surface area contributed by atoms with Gasteiger partial charge in [-0.2, -0.15) is 0 Å². The number of hydrogen-bond donors (Lipinski definition) is 1. The molecule has 5 nitrogen and oxygen atoms in total. The van der Waals surface area contributed by atoms with Crippen molar-refractivity contribution in [2.45, 2.75) is 32.7 Å². The number of nitrogens with one attached hydrogen (secondary N) is 1. The lowest BCUT2D eigenvalue weighted by molar-refractivity contribution is 0.305. The van der Waals surface area contributed by atoms with E-state index in [1.54, 1.807) is 0 Å². The van der Waals surface area contributed by atoms with Crippen molar-refractivity contribution in [3.63, 3.8) is 0 Å². The van der Waals surface area contributed by atoms with Crippen LogP contribution in [0, 0.1) is 13.8 Å². The fraction of sp³-hybridized carbons (Fsp3) is 0.438. The molecule has 0 amide bonds. The average molecular weight is 283 g/mol. The van der Waals surface area contributed by atoms with E-state index in [2.05, 4.69) is 32.2 Å². The molecule has 2 aromatic heterocycles. The summed E-state index contributed by atoms with van der Waals surface area (Å²) in [6.07, 6.45) is 2.34. The van der Waals surface area contributed by atoms with Crippen LogP contribution in [0.5, 0.6) is 0 Å². The molecule has 0 bridgehead atoms. The van der Waals surface area contributed by atoms with Gasteiger partial charge in [-0.25, -0.2) is 15.0 Å². The fourth-order valence-electron chi connectivity index (χ4n) is 2.78. The third kappa shape index (κ3) is 3.19. The molecule has 1 N–H and O–H groups in total. The van der Waals surface area contributed by atoms with Gasteiger partial charge in [0, 0.05) is 17.5 Å². The molecule has 1 fully saturated rings. The maximum Gasteiger partial charge on any atom is 0.148 e. The van der Waals surface area contributed by atoms with E-state index in [1.807, 2.05) is 38.1 Å². The van der Waals surface area contributed by atoms with Crippen LogP contribution in [0.4, 0.5) is 11.6 Å². The quantitative estimate of drug-likeness (QED) is 0.938. The molecular weight excluding hydrogens is 262 g/mol. The second-order valence-electron chi connectivity index (χ2n) is 5.68. The first-order valence-corrected chi connectivity index (χ1v) is 7.38.